The fourth-order valence-electron chi connectivity index (χ4n) is 3.05. The smallest absolute Gasteiger partial charge is 0.336 e. The van der Waals surface area contributed by atoms with E-state index in [0.717, 1.165) is 28.8 Å². The molecular formula is C22H23NO4. The third kappa shape index (κ3) is 4.38. The number of aromatic hydroxyl groups is 1. The van der Waals surface area contributed by atoms with Gasteiger partial charge in [-0.3, -0.25) is 4.90 Å². The zero-order valence-corrected chi connectivity index (χ0v) is 15.6. The van der Waals surface area contributed by atoms with Gasteiger partial charge in [0, 0.05) is 30.1 Å². The Morgan fingerprint density at radius 3 is 2.63 bits per heavy atom. The Bertz CT molecular complexity index is 1010. The first-order chi connectivity index (χ1) is 13.0. The van der Waals surface area contributed by atoms with Gasteiger partial charge >= 0.3 is 5.63 Å². The molecule has 0 spiro atoms. The molecule has 0 amide bonds. The van der Waals surface area contributed by atoms with Crippen molar-refractivity contribution in [2.24, 2.45) is 0 Å². The molecule has 0 aliphatic carbocycles. The summed E-state index contributed by atoms with van der Waals surface area (Å²) in [5.74, 6) is 0.929. The molecule has 1 aromatic heterocycles. The summed E-state index contributed by atoms with van der Waals surface area (Å²) in [7, 11) is 2.00. The summed E-state index contributed by atoms with van der Waals surface area (Å²) in [6, 6.07) is 12.8. The number of ether oxygens (including phenoxy) is 1. The third-order valence-corrected chi connectivity index (χ3v) is 4.40. The topological polar surface area (TPSA) is 62.9 Å². The SMILES string of the molecule is C=CCOc1ccc(CN(C)Cc2cc(=O)oc3c(C)c(O)ccc23)cc1. The number of rotatable bonds is 7. The average molecular weight is 365 g/mol. The van der Waals surface area contributed by atoms with Crippen molar-refractivity contribution in [2.75, 3.05) is 13.7 Å². The van der Waals surface area contributed by atoms with Crippen LogP contribution in [0.4, 0.5) is 0 Å². The van der Waals surface area contributed by atoms with Crippen LogP contribution in [0.5, 0.6) is 11.5 Å². The molecule has 0 aliphatic heterocycles. The molecule has 3 aromatic rings. The summed E-state index contributed by atoms with van der Waals surface area (Å²) >= 11 is 0. The van der Waals surface area contributed by atoms with Crippen molar-refractivity contribution < 1.29 is 14.3 Å². The summed E-state index contributed by atoms with van der Waals surface area (Å²) in [5.41, 5.74) is 2.62. The van der Waals surface area contributed by atoms with Crippen LogP contribution < -0.4 is 10.4 Å². The number of benzene rings is 2. The van der Waals surface area contributed by atoms with E-state index in [9.17, 15) is 9.90 Å². The molecule has 27 heavy (non-hydrogen) atoms. The van der Waals surface area contributed by atoms with Crippen LogP contribution in [0.3, 0.4) is 0 Å². The van der Waals surface area contributed by atoms with Crippen molar-refractivity contribution >= 4 is 11.0 Å². The number of fused-ring (bicyclic) bond motifs is 1. The minimum absolute atomic E-state index is 0.120. The van der Waals surface area contributed by atoms with Crippen LogP contribution in [0, 0.1) is 6.92 Å². The summed E-state index contributed by atoms with van der Waals surface area (Å²) in [6.45, 7) is 7.17. The molecule has 3 rings (SSSR count). The lowest BCUT2D eigenvalue weighted by atomic mass is 10.1. The highest BCUT2D eigenvalue weighted by atomic mass is 16.5. The van der Waals surface area contributed by atoms with E-state index >= 15 is 0 Å². The monoisotopic (exact) mass is 365 g/mol. The predicted octanol–water partition coefficient (Wildman–Crippen LogP) is 4.00. The molecule has 5 nitrogen and oxygen atoms in total. The van der Waals surface area contributed by atoms with Gasteiger partial charge in [-0.1, -0.05) is 24.8 Å². The lowest BCUT2D eigenvalue weighted by Crippen LogP contribution is -2.18. The van der Waals surface area contributed by atoms with Crippen molar-refractivity contribution in [3.05, 3.63) is 82.2 Å². The van der Waals surface area contributed by atoms with E-state index in [1.165, 1.54) is 6.07 Å². The van der Waals surface area contributed by atoms with Crippen molar-refractivity contribution in [2.45, 2.75) is 20.0 Å². The van der Waals surface area contributed by atoms with Crippen LogP contribution in [0.1, 0.15) is 16.7 Å². The summed E-state index contributed by atoms with van der Waals surface area (Å²) in [6.07, 6.45) is 1.71. The van der Waals surface area contributed by atoms with Crippen LogP contribution in [-0.4, -0.2) is 23.7 Å². The van der Waals surface area contributed by atoms with E-state index < -0.39 is 5.63 Å². The van der Waals surface area contributed by atoms with Gasteiger partial charge in [-0.25, -0.2) is 4.79 Å². The van der Waals surface area contributed by atoms with E-state index in [2.05, 4.69) is 11.5 Å². The van der Waals surface area contributed by atoms with E-state index in [4.69, 9.17) is 9.15 Å². The number of aryl methyl sites for hydroxylation is 1. The van der Waals surface area contributed by atoms with Crippen LogP contribution in [-0.2, 0) is 13.1 Å². The molecule has 1 N–H and O–H groups in total. The quantitative estimate of drug-likeness (QED) is 0.506. The number of phenolic OH excluding ortho intramolecular Hbond substituents is 1. The van der Waals surface area contributed by atoms with Crippen LogP contribution >= 0.6 is 0 Å². The van der Waals surface area contributed by atoms with Gasteiger partial charge in [-0.2, -0.15) is 0 Å². The Hall–Kier alpha value is -3.05. The standard InChI is InChI=1S/C22H23NO4/c1-4-11-26-18-7-5-16(6-8-18)13-23(3)14-17-12-21(25)27-22-15(2)20(24)10-9-19(17)22/h4-10,12,24H,1,11,13-14H2,2-3H3. The Morgan fingerprint density at radius 1 is 1.19 bits per heavy atom. The molecule has 140 valence electrons. The minimum Gasteiger partial charge on any atom is -0.508 e. The lowest BCUT2D eigenvalue weighted by molar-refractivity contribution is 0.319. The van der Waals surface area contributed by atoms with E-state index in [1.54, 1.807) is 25.1 Å². The maximum absolute atomic E-state index is 11.9. The molecule has 5 heteroatoms. The first-order valence-corrected chi connectivity index (χ1v) is 8.74. The second-order valence-electron chi connectivity index (χ2n) is 6.59. The Labute approximate surface area is 158 Å². The highest BCUT2D eigenvalue weighted by Gasteiger charge is 2.12. The molecular weight excluding hydrogens is 342 g/mol. The minimum atomic E-state index is -0.414. The maximum atomic E-state index is 11.9. The van der Waals surface area contributed by atoms with Crippen molar-refractivity contribution in [3.8, 4) is 11.5 Å². The second kappa shape index (κ2) is 8.10. The van der Waals surface area contributed by atoms with Crippen LogP contribution in [0.2, 0.25) is 0 Å². The first-order valence-electron chi connectivity index (χ1n) is 8.74. The third-order valence-electron chi connectivity index (χ3n) is 4.40. The van der Waals surface area contributed by atoms with E-state index in [1.807, 2.05) is 31.3 Å². The van der Waals surface area contributed by atoms with Crippen molar-refractivity contribution in [3.63, 3.8) is 0 Å². The van der Waals surface area contributed by atoms with Crippen LogP contribution in [0.15, 0.2) is 64.3 Å². The largest absolute Gasteiger partial charge is 0.508 e. The zero-order valence-electron chi connectivity index (χ0n) is 15.6. The van der Waals surface area contributed by atoms with Gasteiger partial charge in [0.25, 0.3) is 0 Å². The molecule has 1 heterocycles. The van der Waals surface area contributed by atoms with Gasteiger partial charge in [0.05, 0.1) is 0 Å². The van der Waals surface area contributed by atoms with Gasteiger partial charge in [0.1, 0.15) is 23.7 Å². The summed E-state index contributed by atoms with van der Waals surface area (Å²) in [4.78, 5) is 14.1. The Morgan fingerprint density at radius 2 is 1.93 bits per heavy atom. The Kier molecular flexibility index (Phi) is 5.62. The normalized spacial score (nSPS) is 11.1. The zero-order chi connectivity index (χ0) is 19.4. The van der Waals surface area contributed by atoms with E-state index in [0.29, 0.717) is 24.3 Å². The number of hydrogen-bond acceptors (Lipinski definition) is 5. The fraction of sp³-hybridized carbons (Fsp3) is 0.227. The summed E-state index contributed by atoms with van der Waals surface area (Å²) < 4.78 is 10.8. The Balaban J connectivity index is 1.78. The lowest BCUT2D eigenvalue weighted by Gasteiger charge is -2.18. The molecule has 0 saturated carbocycles. The molecule has 0 unspecified atom stereocenters. The van der Waals surface area contributed by atoms with E-state index in [-0.39, 0.29) is 5.75 Å². The van der Waals surface area contributed by atoms with Gasteiger partial charge < -0.3 is 14.3 Å². The fourth-order valence-corrected chi connectivity index (χ4v) is 3.05. The average Bonchev–Trinajstić information content (AvgIpc) is 2.64. The van der Waals surface area contributed by atoms with Crippen LogP contribution in [0.25, 0.3) is 11.0 Å². The molecule has 0 aliphatic rings. The maximum Gasteiger partial charge on any atom is 0.336 e. The molecule has 0 fully saturated rings. The van der Waals surface area contributed by atoms with Crippen molar-refractivity contribution in [1.82, 2.24) is 4.90 Å². The highest BCUT2D eigenvalue weighted by Crippen LogP contribution is 2.28. The number of nitrogens with zero attached hydrogens (tertiary/aromatic N) is 1. The van der Waals surface area contributed by atoms with Crippen molar-refractivity contribution in [1.29, 1.82) is 0 Å². The van der Waals surface area contributed by atoms with Gasteiger partial charge in [0.2, 0.25) is 0 Å². The van der Waals surface area contributed by atoms with Gasteiger partial charge in [-0.15, -0.1) is 0 Å². The van der Waals surface area contributed by atoms with Gasteiger partial charge in [-0.05, 0) is 49.4 Å². The molecule has 0 bridgehead atoms. The molecule has 0 saturated heterocycles. The van der Waals surface area contributed by atoms with Gasteiger partial charge in [0.15, 0.2) is 0 Å². The number of hydrogen-bond donors (Lipinski definition) is 1. The highest BCUT2D eigenvalue weighted by molar-refractivity contribution is 5.84. The first kappa shape index (κ1) is 18.7. The molecule has 0 atom stereocenters. The number of phenols is 1. The predicted molar refractivity (Wildman–Crippen MR) is 106 cm³/mol. The molecule has 0 radical (unpaired) electrons. The second-order valence-corrected chi connectivity index (χ2v) is 6.59. The summed E-state index contributed by atoms with van der Waals surface area (Å²) in [5, 5.41) is 10.7. The molecule has 2 aromatic carbocycles.